The fourth-order valence-corrected chi connectivity index (χ4v) is 5.72. The van der Waals surface area contributed by atoms with Crippen LogP contribution in [0.2, 0.25) is 0 Å². The lowest BCUT2D eigenvalue weighted by atomic mass is 9.43. The maximum Gasteiger partial charge on any atom is 0.123 e. The smallest absolute Gasteiger partial charge is 0.123 e. The fourth-order valence-electron chi connectivity index (χ4n) is 5.72. The Hall–Kier alpha value is -1.38. The van der Waals surface area contributed by atoms with E-state index in [1.165, 1.54) is 44.2 Å². The summed E-state index contributed by atoms with van der Waals surface area (Å²) in [7, 11) is 0. The molecule has 0 radical (unpaired) electrons. The molecule has 3 heteroatoms. The molecule has 4 saturated carbocycles. The molecule has 0 aromatic heterocycles. The fraction of sp³-hybridized carbons (Fsp3) is 0.588. The van der Waals surface area contributed by atoms with E-state index in [2.05, 4.69) is 0 Å². The molecule has 4 fully saturated rings. The van der Waals surface area contributed by atoms with Gasteiger partial charge < -0.3 is 5.73 Å². The zero-order chi connectivity index (χ0) is 13.9. The topological polar surface area (TPSA) is 49.9 Å². The minimum absolute atomic E-state index is 0.212. The first kappa shape index (κ1) is 12.4. The highest BCUT2D eigenvalue weighted by Crippen LogP contribution is 2.62. The Balaban J connectivity index is 1.85. The zero-order valence-corrected chi connectivity index (χ0v) is 11.6. The molecule has 106 valence electrons. The van der Waals surface area contributed by atoms with Crippen molar-refractivity contribution in [3.05, 3.63) is 35.6 Å². The van der Waals surface area contributed by atoms with Gasteiger partial charge in [-0.25, -0.2) is 4.39 Å². The lowest BCUT2D eigenvalue weighted by molar-refractivity contribution is -0.0300. The Bertz CT molecular complexity index is 521. The normalized spacial score (nSPS) is 41.9. The van der Waals surface area contributed by atoms with Crippen molar-refractivity contribution in [1.82, 2.24) is 0 Å². The number of hydrogen-bond acceptors (Lipinski definition) is 1. The first-order valence-electron chi connectivity index (χ1n) is 7.71. The van der Waals surface area contributed by atoms with Crippen LogP contribution >= 0.6 is 0 Å². The number of hydrogen-bond donors (Lipinski definition) is 2. The summed E-state index contributed by atoms with van der Waals surface area (Å²) in [5.41, 5.74) is 6.86. The highest BCUT2D eigenvalue weighted by Gasteiger charge is 2.59. The monoisotopic (exact) mass is 272 g/mol. The van der Waals surface area contributed by atoms with Gasteiger partial charge in [0.05, 0.1) is 5.41 Å². The predicted molar refractivity (Wildman–Crippen MR) is 77.0 cm³/mol. The first-order chi connectivity index (χ1) is 9.60. The molecule has 0 aliphatic heterocycles. The third kappa shape index (κ3) is 1.46. The van der Waals surface area contributed by atoms with Crippen LogP contribution in [0.4, 0.5) is 4.39 Å². The van der Waals surface area contributed by atoms with Gasteiger partial charge in [0.1, 0.15) is 11.7 Å². The molecule has 2 nitrogen and oxygen atoms in total. The molecule has 0 atom stereocenters. The number of halogens is 1. The third-order valence-electron chi connectivity index (χ3n) is 6.19. The summed E-state index contributed by atoms with van der Waals surface area (Å²) in [6.07, 6.45) is 6.17. The summed E-state index contributed by atoms with van der Waals surface area (Å²) in [6.45, 7) is 0. The second-order valence-corrected chi connectivity index (χ2v) is 7.09. The van der Waals surface area contributed by atoms with E-state index in [9.17, 15) is 4.39 Å². The molecule has 5 rings (SSSR count). The standard InChI is InChI=1S/C17H21FN2/c18-15-3-1-12(2-4-15)17(16(19)20)13-6-10-5-11(8-13)9-14(17)7-10/h1-4,10-11,13-14H,5-9H2,(H3,19,20). The van der Waals surface area contributed by atoms with Gasteiger partial charge in [-0.3, -0.25) is 5.41 Å². The lowest BCUT2D eigenvalue weighted by Crippen LogP contribution is -2.61. The molecular weight excluding hydrogens is 251 g/mol. The zero-order valence-electron chi connectivity index (χ0n) is 11.6. The van der Waals surface area contributed by atoms with E-state index < -0.39 is 0 Å². The van der Waals surface area contributed by atoms with Crippen LogP contribution in [-0.4, -0.2) is 5.84 Å². The van der Waals surface area contributed by atoms with Crippen LogP contribution < -0.4 is 5.73 Å². The summed E-state index contributed by atoms with van der Waals surface area (Å²) in [4.78, 5) is 0. The lowest BCUT2D eigenvalue weighted by Gasteiger charge is -2.61. The Morgan fingerprint density at radius 2 is 1.50 bits per heavy atom. The van der Waals surface area contributed by atoms with E-state index in [0.717, 1.165) is 17.4 Å². The van der Waals surface area contributed by atoms with Crippen LogP contribution in [0.1, 0.15) is 37.7 Å². The highest BCUT2D eigenvalue weighted by atomic mass is 19.1. The van der Waals surface area contributed by atoms with Gasteiger partial charge >= 0.3 is 0 Å². The summed E-state index contributed by atoms with van der Waals surface area (Å²) in [6, 6.07) is 6.76. The number of rotatable bonds is 2. The number of nitrogens with two attached hydrogens (primary N) is 1. The van der Waals surface area contributed by atoms with Gasteiger partial charge in [-0.05, 0) is 73.5 Å². The van der Waals surface area contributed by atoms with Crippen molar-refractivity contribution < 1.29 is 4.39 Å². The van der Waals surface area contributed by atoms with Crippen molar-refractivity contribution in [3.8, 4) is 0 Å². The van der Waals surface area contributed by atoms with Gasteiger partial charge in [-0.1, -0.05) is 12.1 Å². The predicted octanol–water partition coefficient (Wildman–Crippen LogP) is 3.46. The number of nitrogens with one attached hydrogen (secondary N) is 1. The quantitative estimate of drug-likeness (QED) is 0.628. The summed E-state index contributed by atoms with van der Waals surface area (Å²) < 4.78 is 13.3. The first-order valence-corrected chi connectivity index (χ1v) is 7.71. The third-order valence-corrected chi connectivity index (χ3v) is 6.19. The Kier molecular flexibility index (Phi) is 2.51. The van der Waals surface area contributed by atoms with Crippen LogP contribution in [0.15, 0.2) is 24.3 Å². The molecule has 3 N–H and O–H groups in total. The van der Waals surface area contributed by atoms with E-state index in [-0.39, 0.29) is 11.2 Å². The van der Waals surface area contributed by atoms with Gasteiger partial charge in [0, 0.05) is 0 Å². The molecule has 4 aliphatic carbocycles. The Morgan fingerprint density at radius 3 is 1.95 bits per heavy atom. The van der Waals surface area contributed by atoms with Crippen molar-refractivity contribution in [1.29, 1.82) is 5.41 Å². The molecule has 20 heavy (non-hydrogen) atoms. The van der Waals surface area contributed by atoms with Gasteiger partial charge in [-0.15, -0.1) is 0 Å². The SMILES string of the molecule is N=C(N)C1(c2ccc(F)cc2)C2CC3CC(C2)CC1C3. The van der Waals surface area contributed by atoms with Gasteiger partial charge in [0.25, 0.3) is 0 Å². The Morgan fingerprint density at radius 1 is 1.00 bits per heavy atom. The maximum atomic E-state index is 13.3. The minimum atomic E-state index is -0.318. The van der Waals surface area contributed by atoms with Gasteiger partial charge in [-0.2, -0.15) is 0 Å². The molecule has 4 aliphatic rings. The van der Waals surface area contributed by atoms with Crippen LogP contribution in [0.25, 0.3) is 0 Å². The Labute approximate surface area is 119 Å². The molecule has 0 amide bonds. The van der Waals surface area contributed by atoms with E-state index in [1.807, 2.05) is 12.1 Å². The summed E-state index contributed by atoms with van der Waals surface area (Å²) in [5.74, 6) is 2.74. The van der Waals surface area contributed by atoms with E-state index in [0.29, 0.717) is 17.7 Å². The van der Waals surface area contributed by atoms with Crippen molar-refractivity contribution in [2.24, 2.45) is 29.4 Å². The van der Waals surface area contributed by atoms with E-state index >= 15 is 0 Å². The minimum Gasteiger partial charge on any atom is -0.387 e. The maximum absolute atomic E-state index is 13.3. The molecule has 0 unspecified atom stereocenters. The van der Waals surface area contributed by atoms with Crippen molar-refractivity contribution >= 4 is 5.84 Å². The average Bonchev–Trinajstić information content (AvgIpc) is 2.39. The van der Waals surface area contributed by atoms with E-state index in [1.54, 1.807) is 0 Å². The number of benzene rings is 1. The molecule has 4 bridgehead atoms. The number of amidine groups is 1. The largest absolute Gasteiger partial charge is 0.387 e. The molecule has 1 aromatic carbocycles. The average molecular weight is 272 g/mol. The van der Waals surface area contributed by atoms with Crippen LogP contribution in [0.5, 0.6) is 0 Å². The molecule has 0 heterocycles. The van der Waals surface area contributed by atoms with Crippen LogP contribution in [0.3, 0.4) is 0 Å². The molecule has 0 saturated heterocycles. The summed E-state index contributed by atoms with van der Waals surface area (Å²) in [5, 5.41) is 8.29. The molecule has 0 spiro atoms. The van der Waals surface area contributed by atoms with Gasteiger partial charge in [0.15, 0.2) is 0 Å². The highest BCUT2D eigenvalue weighted by molar-refractivity contribution is 5.90. The van der Waals surface area contributed by atoms with E-state index in [4.69, 9.17) is 11.1 Å². The second-order valence-electron chi connectivity index (χ2n) is 7.09. The van der Waals surface area contributed by atoms with Crippen molar-refractivity contribution in [2.45, 2.75) is 37.5 Å². The van der Waals surface area contributed by atoms with Crippen molar-refractivity contribution in [2.75, 3.05) is 0 Å². The van der Waals surface area contributed by atoms with Gasteiger partial charge in [0.2, 0.25) is 0 Å². The second kappa shape index (κ2) is 4.06. The van der Waals surface area contributed by atoms with Crippen LogP contribution in [0, 0.1) is 34.9 Å². The molecule has 1 aromatic rings. The molecular formula is C17H21FN2. The van der Waals surface area contributed by atoms with Crippen LogP contribution in [-0.2, 0) is 5.41 Å². The summed E-state index contributed by atoms with van der Waals surface area (Å²) >= 11 is 0. The van der Waals surface area contributed by atoms with Crippen molar-refractivity contribution in [3.63, 3.8) is 0 Å².